The van der Waals surface area contributed by atoms with Gasteiger partial charge in [-0.2, -0.15) is 0 Å². The summed E-state index contributed by atoms with van der Waals surface area (Å²) >= 11 is 0. The summed E-state index contributed by atoms with van der Waals surface area (Å²) in [5.41, 5.74) is 3.76. The minimum absolute atomic E-state index is 0.136. The van der Waals surface area contributed by atoms with Crippen LogP contribution in [-0.2, 0) is 16.2 Å². The predicted molar refractivity (Wildman–Crippen MR) is 158 cm³/mol. The van der Waals surface area contributed by atoms with Gasteiger partial charge in [0.2, 0.25) is 11.7 Å². The molecule has 0 amide bonds. The number of benzene rings is 2. The first-order valence-electron chi connectivity index (χ1n) is 13.0. The molecule has 204 valence electrons. The predicted octanol–water partition coefficient (Wildman–Crippen LogP) is 5.66. The second-order valence-corrected chi connectivity index (χ2v) is 16.7. The fraction of sp³-hybridized carbons (Fsp3) is 0.345. The summed E-state index contributed by atoms with van der Waals surface area (Å²) < 4.78 is 18.7. The molecule has 0 radical (unpaired) electrons. The Morgan fingerprint density at radius 2 is 1.79 bits per heavy atom. The number of H-pyrrole nitrogens is 1. The number of imidazole rings is 1. The van der Waals surface area contributed by atoms with E-state index in [2.05, 4.69) is 35.3 Å². The average molecular weight is 546 g/mol. The minimum Gasteiger partial charge on any atom is -0.468 e. The number of fused-ring (bicyclic) bond motifs is 5. The lowest BCUT2D eigenvalue weighted by Crippen LogP contribution is -2.22. The quantitative estimate of drug-likeness (QED) is 0.0991. The van der Waals surface area contributed by atoms with Gasteiger partial charge in [-0.15, -0.1) is 0 Å². The molecule has 0 saturated carbocycles. The fourth-order valence-electron chi connectivity index (χ4n) is 4.60. The molecule has 2 aromatic carbocycles. The standard InChI is InChI=1S/C29H35N5O4Si/c1-33(2)29-32-24-25(27(35)19-11-13-20(14-12-19)38-18-36-3)31-28-23(21-9-7-8-10-22(21)30-28)26(24)34(29)17-37-15-16-39(4,5)6/h7-14H,15-18H2,1-6H3,(H,30,31). The molecule has 5 rings (SSSR count). The van der Waals surface area contributed by atoms with E-state index in [1.165, 1.54) is 0 Å². The molecule has 3 aromatic heterocycles. The molecule has 0 fully saturated rings. The van der Waals surface area contributed by atoms with Gasteiger partial charge in [-0.05, 0) is 36.4 Å². The minimum atomic E-state index is -1.25. The number of para-hydroxylation sites is 1. The molecule has 0 bridgehead atoms. The van der Waals surface area contributed by atoms with E-state index in [4.69, 9.17) is 24.2 Å². The molecule has 9 nitrogen and oxygen atoms in total. The van der Waals surface area contributed by atoms with Gasteiger partial charge in [0.1, 0.15) is 29.3 Å². The number of nitrogens with zero attached hydrogens (tertiary/aromatic N) is 4. The van der Waals surface area contributed by atoms with Crippen molar-refractivity contribution in [3.63, 3.8) is 0 Å². The Morgan fingerprint density at radius 1 is 1.05 bits per heavy atom. The number of hydrogen-bond donors (Lipinski definition) is 1. The van der Waals surface area contributed by atoms with Crippen LogP contribution in [0.25, 0.3) is 33.0 Å². The zero-order valence-electron chi connectivity index (χ0n) is 23.4. The second-order valence-electron chi connectivity index (χ2n) is 11.0. The molecule has 0 atom stereocenters. The highest BCUT2D eigenvalue weighted by Gasteiger charge is 2.26. The molecule has 5 aromatic rings. The summed E-state index contributed by atoms with van der Waals surface area (Å²) in [6, 6.07) is 16.1. The van der Waals surface area contributed by atoms with Crippen LogP contribution in [0, 0.1) is 0 Å². The van der Waals surface area contributed by atoms with Crippen LogP contribution in [0.15, 0.2) is 48.5 Å². The number of carbonyl (C=O) groups is 1. The summed E-state index contributed by atoms with van der Waals surface area (Å²) in [5, 5.41) is 1.95. The van der Waals surface area contributed by atoms with Crippen LogP contribution in [0.4, 0.5) is 5.95 Å². The SMILES string of the molecule is COCOc1ccc(C(=O)c2nc3[nH]c4ccccc4c3c3c2nc(N(C)C)n3COCC[Si](C)(C)C)cc1. The van der Waals surface area contributed by atoms with E-state index in [1.54, 1.807) is 31.4 Å². The third-order valence-electron chi connectivity index (χ3n) is 6.61. The molecule has 0 spiro atoms. The maximum absolute atomic E-state index is 13.9. The van der Waals surface area contributed by atoms with Crippen LogP contribution in [0.1, 0.15) is 16.1 Å². The lowest BCUT2D eigenvalue weighted by atomic mass is 10.1. The van der Waals surface area contributed by atoms with Crippen molar-refractivity contribution in [2.24, 2.45) is 0 Å². The summed E-state index contributed by atoms with van der Waals surface area (Å²) in [7, 11) is 4.21. The number of aromatic nitrogens is 4. The average Bonchev–Trinajstić information content (AvgIpc) is 3.47. The van der Waals surface area contributed by atoms with Crippen molar-refractivity contribution in [1.82, 2.24) is 19.5 Å². The number of hydrogen-bond acceptors (Lipinski definition) is 7. The Bertz CT molecular complexity index is 1630. The summed E-state index contributed by atoms with van der Waals surface area (Å²) in [5.74, 6) is 1.11. The Hall–Kier alpha value is -3.73. The van der Waals surface area contributed by atoms with Crippen molar-refractivity contribution in [1.29, 1.82) is 0 Å². The van der Waals surface area contributed by atoms with Gasteiger partial charge in [-0.3, -0.25) is 9.36 Å². The van der Waals surface area contributed by atoms with Crippen molar-refractivity contribution in [2.75, 3.05) is 39.5 Å². The largest absolute Gasteiger partial charge is 0.468 e. The van der Waals surface area contributed by atoms with Gasteiger partial charge in [0.25, 0.3) is 0 Å². The zero-order valence-corrected chi connectivity index (χ0v) is 24.4. The highest BCUT2D eigenvalue weighted by molar-refractivity contribution is 6.76. The topological polar surface area (TPSA) is 94.5 Å². The van der Waals surface area contributed by atoms with Crippen molar-refractivity contribution >= 4 is 52.8 Å². The third-order valence-corrected chi connectivity index (χ3v) is 8.31. The first-order chi connectivity index (χ1) is 18.7. The van der Waals surface area contributed by atoms with Gasteiger partial charge in [-0.1, -0.05) is 37.8 Å². The summed E-state index contributed by atoms with van der Waals surface area (Å²) in [6.07, 6.45) is 0. The van der Waals surface area contributed by atoms with Crippen LogP contribution < -0.4 is 9.64 Å². The number of rotatable bonds is 11. The molecule has 0 unspecified atom stereocenters. The molecule has 1 N–H and O–H groups in total. The lowest BCUT2D eigenvalue weighted by Gasteiger charge is -2.18. The molecular weight excluding hydrogens is 510 g/mol. The summed E-state index contributed by atoms with van der Waals surface area (Å²) in [6.45, 7) is 8.15. The van der Waals surface area contributed by atoms with Crippen LogP contribution in [0.5, 0.6) is 5.75 Å². The van der Waals surface area contributed by atoms with Gasteiger partial charge in [0.15, 0.2) is 6.79 Å². The number of anilines is 1. The molecular formula is C29H35N5O4Si. The number of pyridine rings is 1. The summed E-state index contributed by atoms with van der Waals surface area (Å²) in [4.78, 5) is 29.0. The highest BCUT2D eigenvalue weighted by atomic mass is 28.3. The van der Waals surface area contributed by atoms with Crippen molar-refractivity contribution in [3.05, 3.63) is 59.8 Å². The third kappa shape index (κ3) is 5.40. The van der Waals surface area contributed by atoms with Crippen LogP contribution >= 0.6 is 0 Å². The molecule has 0 saturated heterocycles. The fourth-order valence-corrected chi connectivity index (χ4v) is 5.35. The number of nitrogens with one attached hydrogen (secondary N) is 1. The number of ketones is 1. The van der Waals surface area contributed by atoms with E-state index in [1.807, 2.05) is 37.2 Å². The van der Waals surface area contributed by atoms with Gasteiger partial charge in [0, 0.05) is 52.4 Å². The first kappa shape index (κ1) is 26.9. The normalized spacial score (nSPS) is 12.1. The highest BCUT2D eigenvalue weighted by Crippen LogP contribution is 2.36. The van der Waals surface area contributed by atoms with E-state index in [0.717, 1.165) is 27.8 Å². The maximum atomic E-state index is 13.9. The monoisotopic (exact) mass is 545 g/mol. The van der Waals surface area contributed by atoms with E-state index < -0.39 is 8.07 Å². The van der Waals surface area contributed by atoms with Crippen LogP contribution in [-0.4, -0.2) is 68.0 Å². The van der Waals surface area contributed by atoms with Crippen molar-refractivity contribution in [3.8, 4) is 5.75 Å². The van der Waals surface area contributed by atoms with Crippen LogP contribution in [0.3, 0.4) is 0 Å². The van der Waals surface area contributed by atoms with Crippen molar-refractivity contribution < 1.29 is 19.0 Å². The number of aromatic amines is 1. The van der Waals surface area contributed by atoms with E-state index in [0.29, 0.717) is 47.5 Å². The zero-order chi connectivity index (χ0) is 27.7. The smallest absolute Gasteiger partial charge is 0.213 e. The Labute approximate surface area is 228 Å². The molecule has 39 heavy (non-hydrogen) atoms. The van der Waals surface area contributed by atoms with Gasteiger partial charge in [-0.25, -0.2) is 9.97 Å². The first-order valence-corrected chi connectivity index (χ1v) is 16.7. The van der Waals surface area contributed by atoms with E-state index in [9.17, 15) is 4.79 Å². The molecule has 3 heterocycles. The van der Waals surface area contributed by atoms with Gasteiger partial charge in [0.05, 0.1) is 10.9 Å². The Morgan fingerprint density at radius 3 is 2.49 bits per heavy atom. The molecule has 0 aliphatic heterocycles. The Kier molecular flexibility index (Phi) is 7.43. The lowest BCUT2D eigenvalue weighted by molar-refractivity contribution is 0.0511. The molecule has 0 aliphatic rings. The molecule has 10 heteroatoms. The number of carbonyl (C=O) groups excluding carboxylic acids is 1. The number of methoxy groups -OCH3 is 1. The van der Waals surface area contributed by atoms with Crippen LogP contribution in [0.2, 0.25) is 25.7 Å². The molecule has 0 aliphatic carbocycles. The van der Waals surface area contributed by atoms with Crippen molar-refractivity contribution in [2.45, 2.75) is 32.4 Å². The second kappa shape index (κ2) is 10.8. The Balaban J connectivity index is 1.67. The maximum Gasteiger partial charge on any atom is 0.213 e. The van der Waals surface area contributed by atoms with E-state index >= 15 is 0 Å². The van der Waals surface area contributed by atoms with Gasteiger partial charge >= 0.3 is 0 Å². The number of ether oxygens (including phenoxy) is 3. The van der Waals surface area contributed by atoms with Gasteiger partial charge < -0.3 is 24.1 Å². The van der Waals surface area contributed by atoms with E-state index in [-0.39, 0.29) is 12.6 Å².